The van der Waals surface area contributed by atoms with Crippen molar-refractivity contribution in [3.05, 3.63) is 58.5 Å². The normalized spacial score (nSPS) is 21.1. The number of aromatic nitrogens is 4. The van der Waals surface area contributed by atoms with Crippen molar-refractivity contribution >= 4 is 33.3 Å². The fourth-order valence-corrected chi connectivity index (χ4v) is 6.83. The highest BCUT2D eigenvalue weighted by Crippen LogP contribution is 2.45. The number of anilines is 1. The molecule has 2 unspecified atom stereocenters. The molecule has 1 amide bonds. The number of nitrogens with two attached hydrogens (primary N) is 1. The van der Waals surface area contributed by atoms with Crippen molar-refractivity contribution < 1.29 is 19.7 Å². The first-order chi connectivity index (χ1) is 19.3. The molecule has 11 heteroatoms. The van der Waals surface area contributed by atoms with E-state index in [0.29, 0.717) is 22.8 Å². The van der Waals surface area contributed by atoms with Crippen LogP contribution >= 0.6 is 15.9 Å². The van der Waals surface area contributed by atoms with Crippen molar-refractivity contribution in [2.45, 2.75) is 63.3 Å². The van der Waals surface area contributed by atoms with Gasteiger partial charge in [0, 0.05) is 46.5 Å². The molecule has 5 heterocycles. The number of rotatable bonds is 6. The number of aliphatic hydroxyl groups excluding tert-OH is 2. The molecule has 4 atom stereocenters. The molecule has 0 radical (unpaired) electrons. The monoisotopic (exact) mass is 606 g/mol. The first-order valence-corrected chi connectivity index (χ1v) is 14.2. The Morgan fingerprint density at radius 3 is 2.52 bits per heavy atom. The van der Waals surface area contributed by atoms with Crippen molar-refractivity contribution in [1.82, 2.24) is 24.5 Å². The van der Waals surface area contributed by atoms with Crippen LogP contribution in [0.15, 0.2) is 47.2 Å². The fraction of sp³-hybridized carbons (Fsp3) is 0.379. The molecule has 6 rings (SSSR count). The van der Waals surface area contributed by atoms with Crippen molar-refractivity contribution in [2.24, 2.45) is 0 Å². The van der Waals surface area contributed by atoms with Gasteiger partial charge in [-0.1, -0.05) is 6.07 Å². The second-order valence-electron chi connectivity index (χ2n) is 10.6. The summed E-state index contributed by atoms with van der Waals surface area (Å²) in [5.41, 5.74) is 12.1. The Bertz CT molecular complexity index is 1570. The summed E-state index contributed by atoms with van der Waals surface area (Å²) in [6.07, 6.45) is 5.94. The van der Waals surface area contributed by atoms with Crippen molar-refractivity contribution in [2.75, 3.05) is 12.8 Å². The highest BCUT2D eigenvalue weighted by Gasteiger charge is 2.45. The van der Waals surface area contributed by atoms with Gasteiger partial charge in [-0.2, -0.15) is 9.61 Å². The number of benzene rings is 1. The molecule has 2 saturated heterocycles. The smallest absolute Gasteiger partial charge is 0.251 e. The Morgan fingerprint density at radius 1 is 1.18 bits per heavy atom. The van der Waals surface area contributed by atoms with Crippen LogP contribution in [-0.2, 0) is 11.4 Å². The minimum Gasteiger partial charge on any atom is -0.496 e. The van der Waals surface area contributed by atoms with Gasteiger partial charge in [-0.3, -0.25) is 9.78 Å². The van der Waals surface area contributed by atoms with Crippen LogP contribution in [0.2, 0.25) is 0 Å². The third-order valence-corrected chi connectivity index (χ3v) is 9.01. The molecule has 4 N–H and O–H groups in total. The molecule has 0 aliphatic carbocycles. The standard InChI is InChI=1S/C29H31BrN6O4/c1-15(38)29(39)35-20-5-6-21(35)11-18(10-20)26-25(30)27(31)36-28(34-26)22(13-33-36)17-3-7-23(32-12-17)16-4-8-24(40-2)19(9-16)14-37/h3-4,7-9,12-13,15,18,20-21,37-38H,5-6,10-11,14,31H2,1-2H3/t15-,18?,20-,21?/m1/s1. The third-order valence-electron chi connectivity index (χ3n) is 8.20. The quantitative estimate of drug-likeness (QED) is 0.300. The van der Waals surface area contributed by atoms with Gasteiger partial charge in [0.15, 0.2) is 5.65 Å². The number of hydrogen-bond donors (Lipinski definition) is 3. The number of nitrogen functional groups attached to an aromatic ring is 1. The van der Waals surface area contributed by atoms with Gasteiger partial charge in [0.1, 0.15) is 17.7 Å². The van der Waals surface area contributed by atoms with Gasteiger partial charge in [0.25, 0.3) is 5.91 Å². The number of aliphatic hydroxyl groups is 2. The number of fused-ring (bicyclic) bond motifs is 3. The predicted octanol–water partition coefficient (Wildman–Crippen LogP) is 3.92. The van der Waals surface area contributed by atoms with Gasteiger partial charge in [-0.25, -0.2) is 4.98 Å². The maximum atomic E-state index is 12.6. The summed E-state index contributed by atoms with van der Waals surface area (Å²) in [4.78, 5) is 24.3. The molecule has 2 fully saturated rings. The lowest BCUT2D eigenvalue weighted by Gasteiger charge is -2.39. The first kappa shape index (κ1) is 26.7. The van der Waals surface area contributed by atoms with Gasteiger partial charge in [-0.15, -0.1) is 0 Å². The number of pyridine rings is 1. The molecule has 4 aromatic rings. The number of nitrogens with zero attached hydrogens (tertiary/aromatic N) is 5. The number of ether oxygens (including phenoxy) is 1. The zero-order chi connectivity index (χ0) is 28.1. The van der Waals surface area contributed by atoms with E-state index in [9.17, 15) is 15.0 Å². The highest BCUT2D eigenvalue weighted by atomic mass is 79.9. The van der Waals surface area contributed by atoms with Crippen LogP contribution in [0.4, 0.5) is 5.82 Å². The zero-order valence-electron chi connectivity index (χ0n) is 22.3. The van der Waals surface area contributed by atoms with E-state index >= 15 is 0 Å². The molecule has 10 nitrogen and oxygen atoms in total. The van der Waals surface area contributed by atoms with Crippen molar-refractivity contribution in [3.63, 3.8) is 0 Å². The molecule has 0 saturated carbocycles. The third kappa shape index (κ3) is 4.42. The number of amides is 1. The summed E-state index contributed by atoms with van der Waals surface area (Å²) in [6.45, 7) is 1.41. The minimum atomic E-state index is -0.993. The molecule has 2 bridgehead atoms. The Morgan fingerprint density at radius 2 is 1.90 bits per heavy atom. The lowest BCUT2D eigenvalue weighted by molar-refractivity contribution is -0.144. The highest BCUT2D eigenvalue weighted by molar-refractivity contribution is 9.10. The number of methoxy groups -OCH3 is 1. The van der Waals surface area contributed by atoms with E-state index in [-0.39, 0.29) is 30.5 Å². The molecule has 40 heavy (non-hydrogen) atoms. The number of carbonyl (C=O) groups is 1. The topological polar surface area (TPSA) is 139 Å². The largest absolute Gasteiger partial charge is 0.496 e. The molecule has 3 aromatic heterocycles. The second kappa shape index (κ2) is 10.5. The molecule has 1 aromatic carbocycles. The molecule has 0 spiro atoms. The van der Waals surface area contributed by atoms with Gasteiger partial charge < -0.3 is 25.6 Å². The van der Waals surface area contributed by atoms with E-state index < -0.39 is 6.10 Å². The van der Waals surface area contributed by atoms with Crippen LogP contribution in [0.3, 0.4) is 0 Å². The summed E-state index contributed by atoms with van der Waals surface area (Å²) in [5.74, 6) is 1.04. The summed E-state index contributed by atoms with van der Waals surface area (Å²) in [5, 5.41) is 24.1. The van der Waals surface area contributed by atoms with Crippen LogP contribution in [0.5, 0.6) is 5.75 Å². The van der Waals surface area contributed by atoms with Crippen LogP contribution in [-0.4, -0.2) is 65.9 Å². The molecular formula is C29H31BrN6O4. The van der Waals surface area contributed by atoms with E-state index in [1.807, 2.05) is 35.2 Å². The van der Waals surface area contributed by atoms with Crippen LogP contribution in [0, 0.1) is 0 Å². The number of piperidine rings is 1. The number of halogens is 1. The Hall–Kier alpha value is -3.54. The molecule has 208 valence electrons. The van der Waals surface area contributed by atoms with Gasteiger partial charge >= 0.3 is 0 Å². The SMILES string of the molecule is COc1ccc(-c2ccc(-c3cnn4c(N)c(Br)c(C5CC6CC[C@H](C5)N6C(=O)[C@@H](C)O)nc34)cn2)cc1CO. The van der Waals surface area contributed by atoms with Crippen molar-refractivity contribution in [3.8, 4) is 28.1 Å². The molecule has 2 aliphatic heterocycles. The van der Waals surface area contributed by atoms with Gasteiger partial charge in [0.2, 0.25) is 0 Å². The van der Waals surface area contributed by atoms with E-state index in [4.69, 9.17) is 15.5 Å². The first-order valence-electron chi connectivity index (χ1n) is 13.4. The average Bonchev–Trinajstić information content (AvgIpc) is 3.51. The maximum Gasteiger partial charge on any atom is 0.251 e. The summed E-state index contributed by atoms with van der Waals surface area (Å²) in [6, 6.07) is 9.68. The lowest BCUT2D eigenvalue weighted by Crippen LogP contribution is -2.49. The van der Waals surface area contributed by atoms with E-state index in [1.54, 1.807) is 24.0 Å². The summed E-state index contributed by atoms with van der Waals surface area (Å²) in [7, 11) is 1.58. The molecular weight excluding hydrogens is 576 g/mol. The lowest BCUT2D eigenvalue weighted by atomic mass is 9.87. The van der Waals surface area contributed by atoms with E-state index in [1.165, 1.54) is 6.92 Å². The van der Waals surface area contributed by atoms with Gasteiger partial charge in [0.05, 0.1) is 35.8 Å². The number of hydrogen-bond acceptors (Lipinski definition) is 8. The second-order valence-corrected chi connectivity index (χ2v) is 11.4. The maximum absolute atomic E-state index is 12.6. The summed E-state index contributed by atoms with van der Waals surface area (Å²) >= 11 is 3.68. The van der Waals surface area contributed by atoms with Crippen LogP contribution in [0.25, 0.3) is 28.0 Å². The van der Waals surface area contributed by atoms with E-state index in [0.717, 1.165) is 58.2 Å². The summed E-state index contributed by atoms with van der Waals surface area (Å²) < 4.78 is 7.67. The Kier molecular flexibility index (Phi) is 6.97. The van der Waals surface area contributed by atoms with E-state index in [2.05, 4.69) is 26.0 Å². The van der Waals surface area contributed by atoms with Gasteiger partial charge in [-0.05, 0) is 72.8 Å². The van der Waals surface area contributed by atoms with Crippen LogP contribution in [0.1, 0.15) is 49.8 Å². The van der Waals surface area contributed by atoms with Crippen molar-refractivity contribution in [1.29, 1.82) is 0 Å². The number of carbonyl (C=O) groups excluding carboxylic acids is 1. The minimum absolute atomic E-state index is 0.0856. The fourth-order valence-electron chi connectivity index (χ4n) is 6.25. The zero-order valence-corrected chi connectivity index (χ0v) is 23.9. The Labute approximate surface area is 239 Å². The predicted molar refractivity (Wildman–Crippen MR) is 154 cm³/mol. The Balaban J connectivity index is 1.32. The average molecular weight is 608 g/mol. The van der Waals surface area contributed by atoms with Crippen LogP contribution < -0.4 is 10.5 Å². The molecule has 2 aliphatic rings.